The number of carbonyl (C=O) groups excluding carboxylic acids is 1. The lowest BCUT2D eigenvalue weighted by atomic mass is 10.2. The molecule has 2 amide bonds. The van der Waals surface area contributed by atoms with Gasteiger partial charge in [-0.3, -0.25) is 4.79 Å². The molecule has 1 aromatic heterocycles. The Morgan fingerprint density at radius 3 is 2.85 bits per heavy atom. The Morgan fingerprint density at radius 1 is 1.35 bits per heavy atom. The number of carbonyl (C=O) groups is 2. The number of nitrogens with one attached hydrogen (secondary N) is 1. The summed E-state index contributed by atoms with van der Waals surface area (Å²) in [6.07, 6.45) is 1.54. The van der Waals surface area contributed by atoms with Gasteiger partial charge in [-0.2, -0.15) is 0 Å². The SMILES string of the molecule is CN(CCC(=O)O)C(=O)NCc1coc2ccccc12. The van der Waals surface area contributed by atoms with E-state index in [1.165, 1.54) is 4.90 Å². The Labute approximate surface area is 116 Å². The van der Waals surface area contributed by atoms with E-state index < -0.39 is 5.97 Å². The van der Waals surface area contributed by atoms with E-state index in [4.69, 9.17) is 9.52 Å². The Bertz CT molecular complexity index is 620. The average Bonchev–Trinajstić information content (AvgIpc) is 2.85. The first kappa shape index (κ1) is 13.9. The van der Waals surface area contributed by atoms with Crippen molar-refractivity contribution in [1.82, 2.24) is 10.2 Å². The van der Waals surface area contributed by atoms with Crippen molar-refractivity contribution in [2.24, 2.45) is 0 Å². The topological polar surface area (TPSA) is 82.8 Å². The Hall–Kier alpha value is -2.50. The van der Waals surface area contributed by atoms with Crippen LogP contribution in [0.15, 0.2) is 34.9 Å². The summed E-state index contributed by atoms with van der Waals surface area (Å²) in [4.78, 5) is 23.6. The zero-order valence-electron chi connectivity index (χ0n) is 11.1. The van der Waals surface area contributed by atoms with Crippen LogP contribution in [0.5, 0.6) is 0 Å². The van der Waals surface area contributed by atoms with Gasteiger partial charge in [0, 0.05) is 31.1 Å². The number of furan rings is 1. The number of benzene rings is 1. The fraction of sp³-hybridized carbons (Fsp3) is 0.286. The van der Waals surface area contributed by atoms with Gasteiger partial charge in [-0.15, -0.1) is 0 Å². The summed E-state index contributed by atoms with van der Waals surface area (Å²) in [6, 6.07) is 7.26. The second kappa shape index (κ2) is 6.10. The molecule has 20 heavy (non-hydrogen) atoms. The lowest BCUT2D eigenvalue weighted by Gasteiger charge is -2.16. The van der Waals surface area contributed by atoms with Crippen LogP contribution in [0, 0.1) is 0 Å². The molecular weight excluding hydrogens is 260 g/mol. The number of nitrogens with zero attached hydrogens (tertiary/aromatic N) is 1. The summed E-state index contributed by atoms with van der Waals surface area (Å²) < 4.78 is 5.38. The fourth-order valence-corrected chi connectivity index (χ4v) is 1.84. The van der Waals surface area contributed by atoms with Crippen molar-refractivity contribution in [2.45, 2.75) is 13.0 Å². The number of amides is 2. The second-order valence-electron chi connectivity index (χ2n) is 4.48. The van der Waals surface area contributed by atoms with Crippen LogP contribution in [0.2, 0.25) is 0 Å². The molecule has 1 aromatic carbocycles. The van der Waals surface area contributed by atoms with Crippen molar-refractivity contribution in [3.05, 3.63) is 36.1 Å². The third-order valence-corrected chi connectivity index (χ3v) is 3.00. The maximum atomic E-state index is 11.8. The molecule has 0 fully saturated rings. The van der Waals surface area contributed by atoms with Crippen molar-refractivity contribution < 1.29 is 19.1 Å². The van der Waals surface area contributed by atoms with Crippen LogP contribution in [-0.4, -0.2) is 35.6 Å². The van der Waals surface area contributed by atoms with E-state index in [9.17, 15) is 9.59 Å². The molecule has 0 unspecified atom stereocenters. The first-order valence-corrected chi connectivity index (χ1v) is 6.24. The highest BCUT2D eigenvalue weighted by molar-refractivity contribution is 5.81. The predicted octanol–water partition coefficient (Wildman–Crippen LogP) is 2.05. The van der Waals surface area contributed by atoms with E-state index in [-0.39, 0.29) is 19.0 Å². The minimum atomic E-state index is -0.925. The van der Waals surface area contributed by atoms with Crippen molar-refractivity contribution in [3.8, 4) is 0 Å². The van der Waals surface area contributed by atoms with Crippen LogP contribution >= 0.6 is 0 Å². The summed E-state index contributed by atoms with van der Waals surface area (Å²) in [6.45, 7) is 0.514. The van der Waals surface area contributed by atoms with E-state index in [1.807, 2.05) is 24.3 Å². The van der Waals surface area contributed by atoms with Gasteiger partial charge in [0.15, 0.2) is 0 Å². The summed E-state index contributed by atoms with van der Waals surface area (Å²) in [5.74, 6) is -0.925. The largest absolute Gasteiger partial charge is 0.481 e. The van der Waals surface area contributed by atoms with E-state index in [2.05, 4.69) is 5.32 Å². The fourth-order valence-electron chi connectivity index (χ4n) is 1.84. The van der Waals surface area contributed by atoms with Gasteiger partial charge in [0.2, 0.25) is 0 Å². The molecule has 0 saturated carbocycles. The van der Waals surface area contributed by atoms with Gasteiger partial charge in [-0.1, -0.05) is 18.2 Å². The summed E-state index contributed by atoms with van der Waals surface area (Å²) in [5, 5.41) is 12.3. The second-order valence-corrected chi connectivity index (χ2v) is 4.48. The highest BCUT2D eigenvalue weighted by Crippen LogP contribution is 2.20. The van der Waals surface area contributed by atoms with E-state index >= 15 is 0 Å². The highest BCUT2D eigenvalue weighted by atomic mass is 16.4. The monoisotopic (exact) mass is 276 g/mol. The van der Waals surface area contributed by atoms with Gasteiger partial charge in [0.25, 0.3) is 0 Å². The number of urea groups is 1. The van der Waals surface area contributed by atoms with Gasteiger partial charge in [-0.25, -0.2) is 4.79 Å². The van der Waals surface area contributed by atoms with Crippen molar-refractivity contribution in [2.75, 3.05) is 13.6 Å². The van der Waals surface area contributed by atoms with Gasteiger partial charge in [0.05, 0.1) is 12.7 Å². The maximum Gasteiger partial charge on any atom is 0.317 e. The third-order valence-electron chi connectivity index (χ3n) is 3.00. The van der Waals surface area contributed by atoms with Crippen molar-refractivity contribution in [1.29, 1.82) is 0 Å². The third kappa shape index (κ3) is 3.28. The lowest BCUT2D eigenvalue weighted by molar-refractivity contribution is -0.137. The van der Waals surface area contributed by atoms with Crippen LogP contribution in [0.4, 0.5) is 4.79 Å². The average molecular weight is 276 g/mol. The molecule has 6 heteroatoms. The van der Waals surface area contributed by atoms with Gasteiger partial charge >= 0.3 is 12.0 Å². The predicted molar refractivity (Wildman–Crippen MR) is 73.3 cm³/mol. The standard InChI is InChI=1S/C14H16N2O4/c1-16(7-6-13(17)18)14(19)15-8-10-9-20-12-5-3-2-4-11(10)12/h2-5,9H,6-8H2,1H3,(H,15,19)(H,17,18). The number of hydrogen-bond donors (Lipinski definition) is 2. The molecule has 0 aliphatic rings. The molecule has 106 valence electrons. The number of fused-ring (bicyclic) bond motifs is 1. The number of aliphatic carboxylic acids is 1. The number of rotatable bonds is 5. The Kier molecular flexibility index (Phi) is 4.24. The van der Waals surface area contributed by atoms with E-state index in [0.717, 1.165) is 16.5 Å². The molecule has 0 bridgehead atoms. The lowest BCUT2D eigenvalue weighted by Crippen LogP contribution is -2.37. The molecule has 0 spiro atoms. The number of carboxylic acids is 1. The number of carboxylic acid groups (broad SMARTS) is 1. The molecule has 0 aliphatic heterocycles. The molecule has 0 saturated heterocycles. The highest BCUT2D eigenvalue weighted by Gasteiger charge is 2.11. The molecule has 0 atom stereocenters. The molecule has 0 radical (unpaired) electrons. The van der Waals surface area contributed by atoms with Crippen LogP contribution in [0.3, 0.4) is 0 Å². The Morgan fingerprint density at radius 2 is 2.10 bits per heavy atom. The first-order chi connectivity index (χ1) is 9.58. The van der Waals surface area contributed by atoms with Crippen LogP contribution in [-0.2, 0) is 11.3 Å². The number of para-hydroxylation sites is 1. The molecule has 2 rings (SSSR count). The summed E-state index contributed by atoms with van der Waals surface area (Å²) >= 11 is 0. The molecule has 0 aliphatic carbocycles. The molecular formula is C14H16N2O4. The van der Waals surface area contributed by atoms with Gasteiger partial charge in [0.1, 0.15) is 5.58 Å². The molecule has 6 nitrogen and oxygen atoms in total. The van der Waals surface area contributed by atoms with E-state index in [1.54, 1.807) is 13.3 Å². The van der Waals surface area contributed by atoms with Crippen molar-refractivity contribution in [3.63, 3.8) is 0 Å². The quantitative estimate of drug-likeness (QED) is 0.875. The molecule has 1 heterocycles. The zero-order valence-corrected chi connectivity index (χ0v) is 11.1. The zero-order chi connectivity index (χ0) is 14.5. The Balaban J connectivity index is 1.91. The smallest absolute Gasteiger partial charge is 0.317 e. The summed E-state index contributed by atoms with van der Waals surface area (Å²) in [5.41, 5.74) is 1.66. The molecule has 2 N–H and O–H groups in total. The van der Waals surface area contributed by atoms with Gasteiger partial charge < -0.3 is 19.7 Å². The normalized spacial score (nSPS) is 10.4. The van der Waals surface area contributed by atoms with Crippen LogP contribution in [0.25, 0.3) is 11.0 Å². The minimum absolute atomic E-state index is 0.0709. The van der Waals surface area contributed by atoms with Gasteiger partial charge in [-0.05, 0) is 6.07 Å². The summed E-state index contributed by atoms with van der Waals surface area (Å²) in [7, 11) is 1.56. The first-order valence-electron chi connectivity index (χ1n) is 6.24. The molecule has 2 aromatic rings. The van der Waals surface area contributed by atoms with Crippen LogP contribution in [0.1, 0.15) is 12.0 Å². The number of hydrogen-bond acceptors (Lipinski definition) is 3. The van der Waals surface area contributed by atoms with Crippen LogP contribution < -0.4 is 5.32 Å². The minimum Gasteiger partial charge on any atom is -0.481 e. The maximum absolute atomic E-state index is 11.8. The van der Waals surface area contributed by atoms with Crippen molar-refractivity contribution >= 4 is 23.0 Å². The van der Waals surface area contributed by atoms with E-state index in [0.29, 0.717) is 6.54 Å².